The third-order valence-corrected chi connectivity index (χ3v) is 4.10. The molecule has 0 aliphatic carbocycles. The van der Waals surface area contributed by atoms with E-state index in [1.807, 2.05) is 13.1 Å². The normalized spacial score (nSPS) is 11.9. The van der Waals surface area contributed by atoms with E-state index >= 15 is 0 Å². The lowest BCUT2D eigenvalue weighted by atomic mass is 10.3. The fraction of sp³-hybridized carbons (Fsp3) is 0.700. The molecule has 0 saturated heterocycles. The van der Waals surface area contributed by atoms with Crippen LogP contribution < -0.4 is 5.73 Å². The highest BCUT2D eigenvalue weighted by Gasteiger charge is 2.09. The smallest absolute Gasteiger partial charge is 0.152 e. The van der Waals surface area contributed by atoms with Gasteiger partial charge >= 0.3 is 0 Å². The van der Waals surface area contributed by atoms with E-state index in [4.69, 9.17) is 5.73 Å². The lowest BCUT2D eigenvalue weighted by molar-refractivity contribution is 0.579. The van der Waals surface area contributed by atoms with Gasteiger partial charge in [0.05, 0.1) is 18.5 Å². The van der Waals surface area contributed by atoms with Crippen molar-refractivity contribution in [2.45, 2.75) is 26.3 Å². The van der Waals surface area contributed by atoms with Gasteiger partial charge in [-0.15, -0.1) is 0 Å². The Kier molecular flexibility index (Phi) is 4.95. The second-order valence-corrected chi connectivity index (χ2v) is 6.11. The molecule has 0 bridgehead atoms. The van der Waals surface area contributed by atoms with Gasteiger partial charge in [-0.2, -0.15) is 5.10 Å². The Labute approximate surface area is 96.6 Å². The molecule has 0 spiro atoms. The minimum Gasteiger partial charge on any atom is -0.330 e. The number of nitrogens with zero attached hydrogens (tertiary/aromatic N) is 2. The van der Waals surface area contributed by atoms with Gasteiger partial charge in [-0.3, -0.25) is 4.68 Å². The van der Waals surface area contributed by atoms with Gasteiger partial charge in [0, 0.05) is 11.9 Å². The molecule has 0 aliphatic rings. The molecular weight excluding hydrogens is 226 g/mol. The summed E-state index contributed by atoms with van der Waals surface area (Å²) in [5.41, 5.74) is 6.47. The van der Waals surface area contributed by atoms with Crippen molar-refractivity contribution in [1.29, 1.82) is 0 Å². The van der Waals surface area contributed by atoms with Crippen LogP contribution in [0.1, 0.15) is 18.9 Å². The standard InChI is InChI=1S/C10H19N3O2S/c1-2-6-16(14,15)7-5-13-9-10(3-4-11)8-12-13/h8-9H,2-7,11H2,1H3. The number of nitrogens with two attached hydrogens (primary N) is 1. The molecule has 2 N–H and O–H groups in total. The quantitative estimate of drug-likeness (QED) is 0.745. The van der Waals surface area contributed by atoms with Crippen molar-refractivity contribution in [3.8, 4) is 0 Å². The second kappa shape index (κ2) is 6.00. The monoisotopic (exact) mass is 245 g/mol. The Morgan fingerprint density at radius 3 is 2.81 bits per heavy atom. The van der Waals surface area contributed by atoms with Crippen molar-refractivity contribution in [3.05, 3.63) is 18.0 Å². The maximum absolute atomic E-state index is 11.5. The predicted octanol–water partition coefficient (Wildman–Crippen LogP) is 0.209. The summed E-state index contributed by atoms with van der Waals surface area (Å²) in [6, 6.07) is 0. The zero-order chi connectivity index (χ0) is 12.0. The van der Waals surface area contributed by atoms with Crippen molar-refractivity contribution >= 4 is 9.84 Å². The molecule has 5 nitrogen and oxygen atoms in total. The van der Waals surface area contributed by atoms with Crippen LogP contribution in [0, 0.1) is 0 Å². The Hall–Kier alpha value is -0.880. The van der Waals surface area contributed by atoms with Crippen LogP contribution in [-0.4, -0.2) is 36.2 Å². The van der Waals surface area contributed by atoms with Gasteiger partial charge in [-0.05, 0) is 24.9 Å². The zero-order valence-electron chi connectivity index (χ0n) is 9.59. The van der Waals surface area contributed by atoms with Gasteiger partial charge in [-0.25, -0.2) is 8.42 Å². The van der Waals surface area contributed by atoms with Gasteiger partial charge in [0.1, 0.15) is 0 Å². The van der Waals surface area contributed by atoms with Crippen molar-refractivity contribution in [2.24, 2.45) is 5.73 Å². The van der Waals surface area contributed by atoms with Gasteiger partial charge in [0.25, 0.3) is 0 Å². The first-order chi connectivity index (χ1) is 7.57. The van der Waals surface area contributed by atoms with E-state index in [0.717, 1.165) is 12.0 Å². The van der Waals surface area contributed by atoms with Crippen molar-refractivity contribution in [1.82, 2.24) is 9.78 Å². The van der Waals surface area contributed by atoms with Crippen LogP contribution >= 0.6 is 0 Å². The summed E-state index contributed by atoms with van der Waals surface area (Å²) in [5, 5.41) is 4.09. The maximum atomic E-state index is 11.5. The van der Waals surface area contributed by atoms with Crippen molar-refractivity contribution < 1.29 is 8.42 Å². The Balaban J connectivity index is 2.48. The summed E-state index contributed by atoms with van der Waals surface area (Å²) in [4.78, 5) is 0. The summed E-state index contributed by atoms with van der Waals surface area (Å²) in [6.07, 6.45) is 5.04. The first kappa shape index (κ1) is 13.2. The zero-order valence-corrected chi connectivity index (χ0v) is 10.4. The maximum Gasteiger partial charge on any atom is 0.152 e. The molecule has 1 heterocycles. The number of aryl methyl sites for hydroxylation is 1. The molecule has 1 aromatic rings. The molecule has 0 amide bonds. The fourth-order valence-electron chi connectivity index (χ4n) is 1.47. The van der Waals surface area contributed by atoms with Crippen molar-refractivity contribution in [3.63, 3.8) is 0 Å². The minimum absolute atomic E-state index is 0.157. The third kappa shape index (κ3) is 4.32. The molecular formula is C10H19N3O2S. The number of rotatable bonds is 7. The highest BCUT2D eigenvalue weighted by molar-refractivity contribution is 7.91. The average molecular weight is 245 g/mol. The lowest BCUT2D eigenvalue weighted by Gasteiger charge is -2.02. The van der Waals surface area contributed by atoms with E-state index in [-0.39, 0.29) is 11.5 Å². The average Bonchev–Trinajstić information content (AvgIpc) is 2.64. The molecule has 0 saturated carbocycles. The minimum atomic E-state index is -2.92. The van der Waals surface area contributed by atoms with Crippen LogP contribution in [-0.2, 0) is 22.8 Å². The number of hydrogen-bond acceptors (Lipinski definition) is 4. The highest BCUT2D eigenvalue weighted by atomic mass is 32.2. The second-order valence-electron chi connectivity index (χ2n) is 3.80. The summed E-state index contributed by atoms with van der Waals surface area (Å²) in [5.74, 6) is 0.411. The lowest BCUT2D eigenvalue weighted by Crippen LogP contribution is -2.16. The molecule has 1 aromatic heterocycles. The largest absolute Gasteiger partial charge is 0.330 e. The van der Waals surface area contributed by atoms with Gasteiger partial charge in [-0.1, -0.05) is 6.92 Å². The fourth-order valence-corrected chi connectivity index (χ4v) is 2.76. The predicted molar refractivity (Wildman–Crippen MR) is 63.9 cm³/mol. The van der Waals surface area contributed by atoms with Crippen LogP contribution in [0.25, 0.3) is 0 Å². The molecule has 6 heteroatoms. The summed E-state index contributed by atoms with van der Waals surface area (Å²) >= 11 is 0. The topological polar surface area (TPSA) is 78.0 Å². The SMILES string of the molecule is CCCS(=O)(=O)CCn1cc(CCN)cn1. The molecule has 0 unspecified atom stereocenters. The summed E-state index contributed by atoms with van der Waals surface area (Å²) < 4.78 is 24.6. The molecule has 0 fully saturated rings. The van der Waals surface area contributed by atoms with Crippen molar-refractivity contribution in [2.75, 3.05) is 18.1 Å². The Morgan fingerprint density at radius 1 is 1.44 bits per heavy atom. The van der Waals surface area contributed by atoms with E-state index in [9.17, 15) is 8.42 Å². The first-order valence-corrected chi connectivity index (χ1v) is 7.31. The van der Waals surface area contributed by atoms with E-state index in [2.05, 4.69) is 5.10 Å². The molecule has 16 heavy (non-hydrogen) atoms. The third-order valence-electron chi connectivity index (χ3n) is 2.27. The van der Waals surface area contributed by atoms with Crippen LogP contribution in [0.15, 0.2) is 12.4 Å². The van der Waals surface area contributed by atoms with Gasteiger partial charge < -0.3 is 5.73 Å². The molecule has 0 aliphatic heterocycles. The summed E-state index contributed by atoms with van der Waals surface area (Å²) in [6.45, 7) is 2.87. The van der Waals surface area contributed by atoms with E-state index < -0.39 is 9.84 Å². The number of sulfone groups is 1. The van der Waals surface area contributed by atoms with Crippen LogP contribution in [0.2, 0.25) is 0 Å². The van der Waals surface area contributed by atoms with Gasteiger partial charge in [0.2, 0.25) is 0 Å². The van der Waals surface area contributed by atoms with Gasteiger partial charge in [0.15, 0.2) is 9.84 Å². The highest BCUT2D eigenvalue weighted by Crippen LogP contribution is 2.00. The van der Waals surface area contributed by atoms with E-state index in [1.165, 1.54) is 0 Å². The molecule has 1 rings (SSSR count). The van der Waals surface area contributed by atoms with Crippen LogP contribution in [0.3, 0.4) is 0 Å². The number of aromatic nitrogens is 2. The molecule has 0 atom stereocenters. The number of hydrogen-bond donors (Lipinski definition) is 1. The molecule has 0 aromatic carbocycles. The Bertz CT molecular complexity index is 411. The first-order valence-electron chi connectivity index (χ1n) is 5.49. The molecule has 92 valence electrons. The summed E-state index contributed by atoms with van der Waals surface area (Å²) in [7, 11) is -2.92. The van der Waals surface area contributed by atoms with E-state index in [1.54, 1.807) is 10.9 Å². The van der Waals surface area contributed by atoms with Crippen LogP contribution in [0.4, 0.5) is 0 Å². The Morgan fingerprint density at radius 2 is 2.19 bits per heavy atom. The molecule has 0 radical (unpaired) electrons. The van der Waals surface area contributed by atoms with E-state index in [0.29, 0.717) is 19.5 Å². The van der Waals surface area contributed by atoms with Crippen LogP contribution in [0.5, 0.6) is 0 Å².